The second-order valence-electron chi connectivity index (χ2n) is 6.47. The molecule has 0 aliphatic heterocycles. The first kappa shape index (κ1) is 19.6. The number of carbonyl (C=O) groups excluding carboxylic acids is 1. The van der Waals surface area contributed by atoms with Gasteiger partial charge in [0.2, 0.25) is 21.7 Å². The fourth-order valence-electron chi connectivity index (χ4n) is 2.56. The summed E-state index contributed by atoms with van der Waals surface area (Å²) in [7, 11) is -3.44. The molecule has 0 unspecified atom stereocenters. The van der Waals surface area contributed by atoms with Gasteiger partial charge in [-0.25, -0.2) is 8.42 Å². The molecule has 1 heterocycles. The fraction of sp³-hybridized carbons (Fsp3) is 0.211. The van der Waals surface area contributed by atoms with Crippen LogP contribution in [0.15, 0.2) is 47.0 Å². The number of rotatable bonds is 6. The predicted octanol–water partition coefficient (Wildman–Crippen LogP) is 2.65. The number of benzene rings is 2. The molecule has 9 heteroatoms. The number of hydrogen-bond acceptors (Lipinski definition) is 6. The molecule has 1 amide bonds. The summed E-state index contributed by atoms with van der Waals surface area (Å²) in [6, 6.07) is 12.5. The van der Waals surface area contributed by atoms with Crippen molar-refractivity contribution in [3.63, 3.8) is 0 Å². The van der Waals surface area contributed by atoms with Gasteiger partial charge in [0.15, 0.2) is 0 Å². The van der Waals surface area contributed by atoms with E-state index in [4.69, 9.17) is 4.52 Å². The van der Waals surface area contributed by atoms with Gasteiger partial charge < -0.3 is 9.84 Å². The minimum absolute atomic E-state index is 0.0559. The molecule has 0 atom stereocenters. The number of amides is 1. The second kappa shape index (κ2) is 7.81. The van der Waals surface area contributed by atoms with E-state index >= 15 is 0 Å². The molecule has 0 aliphatic rings. The molecule has 8 nitrogen and oxygen atoms in total. The molecule has 3 rings (SSSR count). The summed E-state index contributed by atoms with van der Waals surface area (Å²) < 4.78 is 30.5. The monoisotopic (exact) mass is 400 g/mol. The van der Waals surface area contributed by atoms with Crippen molar-refractivity contribution >= 4 is 21.6 Å². The second-order valence-corrected chi connectivity index (χ2v) is 8.22. The van der Waals surface area contributed by atoms with Gasteiger partial charge in [0.1, 0.15) is 0 Å². The van der Waals surface area contributed by atoms with Crippen LogP contribution in [0.1, 0.15) is 27.4 Å². The molecule has 0 aliphatic carbocycles. The van der Waals surface area contributed by atoms with E-state index in [0.717, 1.165) is 17.4 Å². The molecule has 3 aromatic rings. The third-order valence-corrected chi connectivity index (χ3v) is 4.53. The summed E-state index contributed by atoms with van der Waals surface area (Å²) in [4.78, 5) is 16.7. The van der Waals surface area contributed by atoms with Gasteiger partial charge in [-0.1, -0.05) is 35.0 Å². The van der Waals surface area contributed by atoms with E-state index in [0.29, 0.717) is 22.6 Å². The normalized spacial score (nSPS) is 11.2. The lowest BCUT2D eigenvalue weighted by molar-refractivity contribution is 0.0946. The van der Waals surface area contributed by atoms with Gasteiger partial charge >= 0.3 is 0 Å². The summed E-state index contributed by atoms with van der Waals surface area (Å²) in [5.41, 5.74) is 3.29. The highest BCUT2D eigenvalue weighted by Crippen LogP contribution is 2.19. The average Bonchev–Trinajstić information content (AvgIpc) is 3.09. The highest BCUT2D eigenvalue weighted by molar-refractivity contribution is 7.92. The number of anilines is 1. The Morgan fingerprint density at radius 2 is 1.93 bits per heavy atom. The van der Waals surface area contributed by atoms with Crippen molar-refractivity contribution in [2.75, 3.05) is 11.0 Å². The number of nitrogens with zero attached hydrogens (tertiary/aromatic N) is 2. The molecule has 0 saturated heterocycles. The zero-order valence-electron chi connectivity index (χ0n) is 15.7. The lowest BCUT2D eigenvalue weighted by Gasteiger charge is -2.10. The van der Waals surface area contributed by atoms with Gasteiger partial charge in [-0.15, -0.1) is 0 Å². The van der Waals surface area contributed by atoms with Gasteiger partial charge in [0.05, 0.1) is 18.5 Å². The molecule has 1 aromatic heterocycles. The number of hydrogen-bond donors (Lipinski definition) is 2. The summed E-state index contributed by atoms with van der Waals surface area (Å²) in [5, 5.41) is 6.62. The Bertz CT molecular complexity index is 1120. The van der Waals surface area contributed by atoms with Gasteiger partial charge in [0, 0.05) is 11.1 Å². The van der Waals surface area contributed by atoms with E-state index in [1.54, 1.807) is 19.1 Å². The van der Waals surface area contributed by atoms with Crippen LogP contribution in [-0.2, 0) is 16.6 Å². The molecule has 28 heavy (non-hydrogen) atoms. The number of aryl methyl sites for hydroxylation is 2. The van der Waals surface area contributed by atoms with E-state index in [2.05, 4.69) is 20.2 Å². The van der Waals surface area contributed by atoms with Gasteiger partial charge in [0.25, 0.3) is 5.91 Å². The standard InChI is InChI=1S/C19H20N4O4S/c1-12-5-4-6-14(9-12)18-21-17(27-22-18)11-20-19(24)15-8-7-13(2)16(10-15)23-28(3,25)26/h4-10,23H,11H2,1-3H3,(H,20,24). The Balaban J connectivity index is 1.69. The Morgan fingerprint density at radius 3 is 2.64 bits per heavy atom. The SMILES string of the molecule is Cc1cccc(-c2noc(CNC(=O)c3ccc(C)c(NS(C)(=O)=O)c3)n2)c1. The van der Waals surface area contributed by atoms with Crippen LogP contribution in [0.4, 0.5) is 5.69 Å². The molecule has 0 spiro atoms. The largest absolute Gasteiger partial charge is 0.343 e. The lowest BCUT2D eigenvalue weighted by Crippen LogP contribution is -2.23. The highest BCUT2D eigenvalue weighted by Gasteiger charge is 2.13. The molecule has 2 N–H and O–H groups in total. The molecule has 0 radical (unpaired) electrons. The molecule has 2 aromatic carbocycles. The van der Waals surface area contributed by atoms with E-state index < -0.39 is 10.0 Å². The predicted molar refractivity (Wildman–Crippen MR) is 105 cm³/mol. The number of aromatic nitrogens is 2. The molecule has 0 bridgehead atoms. The Morgan fingerprint density at radius 1 is 1.14 bits per heavy atom. The maximum absolute atomic E-state index is 12.4. The Kier molecular flexibility index (Phi) is 5.46. The van der Waals surface area contributed by atoms with Crippen molar-refractivity contribution < 1.29 is 17.7 Å². The van der Waals surface area contributed by atoms with Crippen molar-refractivity contribution in [1.29, 1.82) is 0 Å². The first-order valence-electron chi connectivity index (χ1n) is 8.47. The quantitative estimate of drug-likeness (QED) is 0.657. The van der Waals surface area contributed by atoms with Crippen LogP contribution in [-0.4, -0.2) is 30.7 Å². The van der Waals surface area contributed by atoms with Crippen molar-refractivity contribution in [3.05, 3.63) is 65.0 Å². The van der Waals surface area contributed by atoms with Crippen LogP contribution < -0.4 is 10.0 Å². The lowest BCUT2D eigenvalue weighted by atomic mass is 10.1. The van der Waals surface area contributed by atoms with Gasteiger partial charge in [-0.3, -0.25) is 9.52 Å². The van der Waals surface area contributed by atoms with Crippen LogP contribution in [0.3, 0.4) is 0 Å². The Labute approximate surface area is 163 Å². The van der Waals surface area contributed by atoms with E-state index in [9.17, 15) is 13.2 Å². The molecular weight excluding hydrogens is 380 g/mol. The van der Waals surface area contributed by atoms with Crippen molar-refractivity contribution in [2.24, 2.45) is 0 Å². The minimum atomic E-state index is -3.44. The maximum atomic E-state index is 12.4. The maximum Gasteiger partial charge on any atom is 0.251 e. The van der Waals surface area contributed by atoms with E-state index in [1.165, 1.54) is 6.07 Å². The van der Waals surface area contributed by atoms with Crippen molar-refractivity contribution in [2.45, 2.75) is 20.4 Å². The van der Waals surface area contributed by atoms with E-state index in [-0.39, 0.29) is 18.3 Å². The first-order chi connectivity index (χ1) is 13.2. The van der Waals surface area contributed by atoms with Crippen LogP contribution in [0, 0.1) is 13.8 Å². The zero-order valence-corrected chi connectivity index (χ0v) is 16.5. The third-order valence-electron chi connectivity index (χ3n) is 3.94. The molecule has 0 saturated carbocycles. The molecular formula is C19H20N4O4S. The van der Waals surface area contributed by atoms with Gasteiger partial charge in [-0.2, -0.15) is 4.98 Å². The zero-order chi connectivity index (χ0) is 20.3. The first-order valence-corrected chi connectivity index (χ1v) is 10.4. The highest BCUT2D eigenvalue weighted by atomic mass is 32.2. The smallest absolute Gasteiger partial charge is 0.251 e. The summed E-state index contributed by atoms with van der Waals surface area (Å²) in [6.07, 6.45) is 1.06. The van der Waals surface area contributed by atoms with E-state index in [1.807, 2.05) is 31.2 Å². The van der Waals surface area contributed by atoms with Crippen molar-refractivity contribution in [3.8, 4) is 11.4 Å². The summed E-state index contributed by atoms with van der Waals surface area (Å²) in [5.74, 6) is 0.334. The molecule has 146 valence electrons. The van der Waals surface area contributed by atoms with Crippen LogP contribution in [0.2, 0.25) is 0 Å². The number of nitrogens with one attached hydrogen (secondary N) is 2. The third kappa shape index (κ3) is 4.95. The summed E-state index contributed by atoms with van der Waals surface area (Å²) in [6.45, 7) is 3.78. The minimum Gasteiger partial charge on any atom is -0.343 e. The molecule has 0 fully saturated rings. The number of carbonyl (C=O) groups is 1. The summed E-state index contributed by atoms with van der Waals surface area (Å²) >= 11 is 0. The average molecular weight is 400 g/mol. The van der Waals surface area contributed by atoms with Crippen LogP contribution in [0.5, 0.6) is 0 Å². The Hall–Kier alpha value is -3.20. The topological polar surface area (TPSA) is 114 Å². The van der Waals surface area contributed by atoms with Gasteiger partial charge in [-0.05, 0) is 37.6 Å². The van der Waals surface area contributed by atoms with Crippen LogP contribution >= 0.6 is 0 Å². The van der Waals surface area contributed by atoms with Crippen molar-refractivity contribution in [1.82, 2.24) is 15.5 Å². The fourth-order valence-corrected chi connectivity index (χ4v) is 3.18. The number of sulfonamides is 1. The van der Waals surface area contributed by atoms with Crippen LogP contribution in [0.25, 0.3) is 11.4 Å².